The van der Waals surface area contributed by atoms with E-state index in [4.69, 9.17) is 0 Å². The van der Waals surface area contributed by atoms with Gasteiger partial charge in [0.2, 0.25) is 0 Å². The molecule has 108 valence electrons. The normalized spacial score (nSPS) is 10.2. The Hall–Kier alpha value is -2.83. The van der Waals surface area contributed by atoms with Crippen LogP contribution in [0.5, 0.6) is 0 Å². The van der Waals surface area contributed by atoms with Crippen molar-refractivity contribution in [2.75, 3.05) is 5.32 Å². The van der Waals surface area contributed by atoms with Gasteiger partial charge in [-0.15, -0.1) is 0 Å². The van der Waals surface area contributed by atoms with E-state index in [0.717, 1.165) is 12.1 Å². The molecule has 0 fully saturated rings. The molecule has 0 atom stereocenters. The van der Waals surface area contributed by atoms with Gasteiger partial charge in [-0.1, -0.05) is 12.1 Å². The molecule has 5 nitrogen and oxygen atoms in total. The van der Waals surface area contributed by atoms with Crippen molar-refractivity contribution in [1.29, 1.82) is 0 Å². The van der Waals surface area contributed by atoms with E-state index in [1.54, 1.807) is 0 Å². The van der Waals surface area contributed by atoms with E-state index >= 15 is 0 Å². The summed E-state index contributed by atoms with van der Waals surface area (Å²) in [6, 6.07) is 7.34. The quantitative estimate of drug-likeness (QED) is 0.695. The van der Waals surface area contributed by atoms with Crippen molar-refractivity contribution in [3.05, 3.63) is 69.3 Å². The van der Waals surface area contributed by atoms with Crippen LogP contribution in [0.15, 0.2) is 36.4 Å². The number of nitrogens with one attached hydrogen (secondary N) is 1. The van der Waals surface area contributed by atoms with E-state index in [-0.39, 0.29) is 16.9 Å². The number of benzene rings is 2. The smallest absolute Gasteiger partial charge is 0.274 e. The van der Waals surface area contributed by atoms with E-state index in [2.05, 4.69) is 5.32 Å². The van der Waals surface area contributed by atoms with Crippen molar-refractivity contribution in [2.24, 2.45) is 0 Å². The second-order valence-corrected chi connectivity index (χ2v) is 4.26. The minimum atomic E-state index is -1.27. The number of hydrogen-bond acceptors (Lipinski definition) is 3. The Balaban J connectivity index is 2.34. The molecular weight excluding hydrogens is 282 g/mol. The molecule has 0 saturated heterocycles. The standard InChI is InChI=1S/C14H10F2N2O3/c1-8-11(6-3-7-12(8)18(20)21)17-14(19)9-4-2-5-10(15)13(9)16/h2-7H,1H3,(H,17,19). The summed E-state index contributed by atoms with van der Waals surface area (Å²) < 4.78 is 26.6. The van der Waals surface area contributed by atoms with Crippen molar-refractivity contribution >= 4 is 17.3 Å². The summed E-state index contributed by atoms with van der Waals surface area (Å²) >= 11 is 0. The zero-order valence-corrected chi connectivity index (χ0v) is 10.9. The van der Waals surface area contributed by atoms with Gasteiger partial charge in [-0.2, -0.15) is 0 Å². The number of amides is 1. The molecule has 0 aliphatic carbocycles. The summed E-state index contributed by atoms with van der Waals surface area (Å²) in [5, 5.41) is 13.2. The summed E-state index contributed by atoms with van der Waals surface area (Å²) in [6.07, 6.45) is 0. The van der Waals surface area contributed by atoms with Crippen LogP contribution in [0.1, 0.15) is 15.9 Å². The minimum Gasteiger partial charge on any atom is -0.321 e. The van der Waals surface area contributed by atoms with Crippen LogP contribution in [0, 0.1) is 28.7 Å². The maximum atomic E-state index is 13.5. The van der Waals surface area contributed by atoms with Gasteiger partial charge in [0, 0.05) is 6.07 Å². The molecule has 7 heteroatoms. The molecule has 0 bridgehead atoms. The lowest BCUT2D eigenvalue weighted by Crippen LogP contribution is -2.15. The number of nitro benzene ring substituents is 1. The summed E-state index contributed by atoms with van der Waals surface area (Å²) in [5.41, 5.74) is -0.251. The lowest BCUT2D eigenvalue weighted by atomic mass is 10.1. The van der Waals surface area contributed by atoms with Crippen molar-refractivity contribution in [3.8, 4) is 0 Å². The van der Waals surface area contributed by atoms with Gasteiger partial charge in [-0.3, -0.25) is 14.9 Å². The predicted octanol–water partition coefficient (Wildman–Crippen LogP) is 3.43. The average Bonchev–Trinajstić information content (AvgIpc) is 2.43. The second-order valence-electron chi connectivity index (χ2n) is 4.26. The van der Waals surface area contributed by atoms with Crippen LogP contribution in [0.25, 0.3) is 0 Å². The molecule has 0 spiro atoms. The zero-order valence-electron chi connectivity index (χ0n) is 10.9. The molecule has 2 aromatic rings. The molecule has 0 aliphatic heterocycles. The van der Waals surface area contributed by atoms with Crippen molar-refractivity contribution < 1.29 is 18.5 Å². The van der Waals surface area contributed by atoms with E-state index in [1.165, 1.54) is 31.2 Å². The fraction of sp³-hybridized carbons (Fsp3) is 0.0714. The van der Waals surface area contributed by atoms with Crippen molar-refractivity contribution in [1.82, 2.24) is 0 Å². The summed E-state index contributed by atoms with van der Waals surface area (Å²) in [7, 11) is 0. The molecule has 0 radical (unpaired) electrons. The van der Waals surface area contributed by atoms with Gasteiger partial charge >= 0.3 is 0 Å². The molecule has 0 unspecified atom stereocenters. The highest BCUT2D eigenvalue weighted by molar-refractivity contribution is 6.05. The highest BCUT2D eigenvalue weighted by Crippen LogP contribution is 2.25. The second kappa shape index (κ2) is 5.66. The first-order valence-corrected chi connectivity index (χ1v) is 5.91. The van der Waals surface area contributed by atoms with Gasteiger partial charge < -0.3 is 5.32 Å². The number of carbonyl (C=O) groups is 1. The fourth-order valence-electron chi connectivity index (χ4n) is 1.83. The van der Waals surface area contributed by atoms with Gasteiger partial charge in [-0.25, -0.2) is 8.78 Å². The molecule has 0 aromatic heterocycles. The van der Waals surface area contributed by atoms with E-state index < -0.39 is 28.0 Å². The Morgan fingerprint density at radius 3 is 2.52 bits per heavy atom. The number of hydrogen-bond donors (Lipinski definition) is 1. The highest BCUT2D eigenvalue weighted by Gasteiger charge is 2.18. The SMILES string of the molecule is Cc1c(NC(=O)c2cccc(F)c2F)cccc1[N+](=O)[O-]. The Morgan fingerprint density at radius 1 is 1.19 bits per heavy atom. The molecule has 0 heterocycles. The number of nitrogens with zero attached hydrogens (tertiary/aromatic N) is 1. The largest absolute Gasteiger partial charge is 0.321 e. The van der Waals surface area contributed by atoms with Crippen molar-refractivity contribution in [2.45, 2.75) is 6.92 Å². The first kappa shape index (κ1) is 14.6. The van der Waals surface area contributed by atoms with Crippen LogP contribution in [-0.4, -0.2) is 10.8 Å². The summed E-state index contributed by atoms with van der Waals surface area (Å²) in [4.78, 5) is 22.2. The van der Waals surface area contributed by atoms with E-state index in [9.17, 15) is 23.7 Å². The minimum absolute atomic E-state index is 0.165. The van der Waals surface area contributed by atoms with Gasteiger partial charge in [0.25, 0.3) is 11.6 Å². The molecule has 1 N–H and O–H groups in total. The fourth-order valence-corrected chi connectivity index (χ4v) is 1.83. The number of halogens is 2. The molecule has 1 amide bonds. The first-order valence-electron chi connectivity index (χ1n) is 5.91. The van der Waals surface area contributed by atoms with Gasteiger partial charge in [0.05, 0.1) is 21.7 Å². The third kappa shape index (κ3) is 2.86. The Morgan fingerprint density at radius 2 is 1.86 bits per heavy atom. The van der Waals surface area contributed by atoms with E-state index in [0.29, 0.717) is 0 Å². The number of anilines is 1. The summed E-state index contributed by atoms with van der Waals surface area (Å²) in [5.74, 6) is -3.29. The molecular formula is C14H10F2N2O3. The molecule has 2 rings (SSSR count). The van der Waals surface area contributed by atoms with Crippen LogP contribution in [0.4, 0.5) is 20.2 Å². The lowest BCUT2D eigenvalue weighted by molar-refractivity contribution is -0.385. The molecule has 21 heavy (non-hydrogen) atoms. The Kier molecular flexibility index (Phi) is 3.93. The summed E-state index contributed by atoms with van der Waals surface area (Å²) in [6.45, 7) is 1.45. The third-order valence-corrected chi connectivity index (χ3v) is 2.95. The Labute approximate surface area is 118 Å². The highest BCUT2D eigenvalue weighted by atomic mass is 19.2. The van der Waals surface area contributed by atoms with Crippen LogP contribution in [-0.2, 0) is 0 Å². The van der Waals surface area contributed by atoms with Crippen LogP contribution in [0.3, 0.4) is 0 Å². The van der Waals surface area contributed by atoms with Gasteiger partial charge in [0.1, 0.15) is 0 Å². The monoisotopic (exact) mass is 292 g/mol. The zero-order chi connectivity index (χ0) is 15.6. The van der Waals surface area contributed by atoms with Gasteiger partial charge in [-0.05, 0) is 25.1 Å². The maximum Gasteiger partial charge on any atom is 0.274 e. The number of rotatable bonds is 3. The maximum absolute atomic E-state index is 13.5. The topological polar surface area (TPSA) is 72.2 Å². The van der Waals surface area contributed by atoms with Crippen LogP contribution in [0.2, 0.25) is 0 Å². The first-order chi connectivity index (χ1) is 9.91. The predicted molar refractivity (Wildman–Crippen MR) is 72.1 cm³/mol. The van der Waals surface area contributed by atoms with E-state index in [1.807, 2.05) is 0 Å². The van der Waals surface area contributed by atoms with Crippen LogP contribution >= 0.6 is 0 Å². The lowest BCUT2D eigenvalue weighted by Gasteiger charge is -2.09. The van der Waals surface area contributed by atoms with Crippen LogP contribution < -0.4 is 5.32 Å². The van der Waals surface area contributed by atoms with Crippen molar-refractivity contribution in [3.63, 3.8) is 0 Å². The molecule has 2 aromatic carbocycles. The molecule has 0 saturated carbocycles. The molecule has 0 aliphatic rings. The van der Waals surface area contributed by atoms with Gasteiger partial charge in [0.15, 0.2) is 11.6 Å². The average molecular weight is 292 g/mol. The number of carbonyl (C=O) groups excluding carboxylic acids is 1. The third-order valence-electron chi connectivity index (χ3n) is 2.95. The Bertz CT molecular complexity index is 732. The number of nitro groups is 1.